The molecule has 94 valence electrons. The van der Waals surface area contributed by atoms with E-state index in [2.05, 4.69) is 11.8 Å². The Kier molecular flexibility index (Phi) is 4.50. The highest BCUT2D eigenvalue weighted by Crippen LogP contribution is 2.17. The van der Waals surface area contributed by atoms with Crippen molar-refractivity contribution in [3.05, 3.63) is 35.4 Å². The minimum absolute atomic E-state index is 0.198. The summed E-state index contributed by atoms with van der Waals surface area (Å²) in [7, 11) is 0. The van der Waals surface area contributed by atoms with Crippen LogP contribution < -0.4 is 0 Å². The first-order valence-corrected chi connectivity index (χ1v) is 5.49. The lowest BCUT2D eigenvalue weighted by Crippen LogP contribution is -2.21. The molecule has 0 aliphatic rings. The van der Waals surface area contributed by atoms with Crippen LogP contribution in [-0.4, -0.2) is 22.2 Å². The maximum Gasteiger partial charge on any atom is 0.322 e. The second-order valence-corrected chi connectivity index (χ2v) is 4.16. The topological polar surface area (TPSA) is 74.6 Å². The van der Waals surface area contributed by atoms with Crippen LogP contribution in [0.25, 0.3) is 0 Å². The predicted octanol–water partition coefficient (Wildman–Crippen LogP) is 1.95. The summed E-state index contributed by atoms with van der Waals surface area (Å²) in [6, 6.07) is 6.31. The van der Waals surface area contributed by atoms with Gasteiger partial charge in [-0.2, -0.15) is 0 Å². The standard InChI is InChI=1S/C14H14O4/c1-9(2)6-7-10-4-3-5-11(8-10)12(13(15)16)14(17)18/h3-5,8-9,12H,1-2H3,(H,15,16)(H,17,18). The van der Waals surface area contributed by atoms with E-state index in [0.29, 0.717) is 5.56 Å². The fraction of sp³-hybridized carbons (Fsp3) is 0.286. The number of carboxylic acids is 2. The average Bonchev–Trinajstić information content (AvgIpc) is 2.26. The van der Waals surface area contributed by atoms with E-state index in [0.717, 1.165) is 0 Å². The molecule has 0 spiro atoms. The molecule has 18 heavy (non-hydrogen) atoms. The number of carbonyl (C=O) groups is 2. The molecule has 4 nitrogen and oxygen atoms in total. The highest BCUT2D eigenvalue weighted by molar-refractivity contribution is 5.99. The Bertz CT molecular complexity index is 506. The zero-order chi connectivity index (χ0) is 13.7. The first kappa shape index (κ1) is 13.8. The lowest BCUT2D eigenvalue weighted by atomic mass is 9.97. The molecule has 0 saturated heterocycles. The Morgan fingerprint density at radius 1 is 1.17 bits per heavy atom. The van der Waals surface area contributed by atoms with Gasteiger partial charge in [0.2, 0.25) is 0 Å². The van der Waals surface area contributed by atoms with Crippen molar-refractivity contribution < 1.29 is 19.8 Å². The molecule has 0 bridgehead atoms. The van der Waals surface area contributed by atoms with Crippen molar-refractivity contribution in [1.82, 2.24) is 0 Å². The van der Waals surface area contributed by atoms with Gasteiger partial charge in [-0.3, -0.25) is 9.59 Å². The quantitative estimate of drug-likeness (QED) is 0.631. The number of hydrogen-bond acceptors (Lipinski definition) is 2. The molecule has 0 aromatic heterocycles. The van der Waals surface area contributed by atoms with Crippen molar-refractivity contribution in [2.75, 3.05) is 0 Å². The Morgan fingerprint density at radius 2 is 1.78 bits per heavy atom. The summed E-state index contributed by atoms with van der Waals surface area (Å²) in [5.74, 6) is 1.71. The van der Waals surface area contributed by atoms with Crippen LogP contribution in [0.4, 0.5) is 0 Å². The summed E-state index contributed by atoms with van der Waals surface area (Å²) in [6.45, 7) is 3.88. The Balaban J connectivity index is 3.12. The molecule has 1 aromatic carbocycles. The van der Waals surface area contributed by atoms with Crippen LogP contribution in [-0.2, 0) is 9.59 Å². The summed E-state index contributed by atoms with van der Waals surface area (Å²) in [5, 5.41) is 17.8. The van der Waals surface area contributed by atoms with Gasteiger partial charge in [-0.1, -0.05) is 37.8 Å². The van der Waals surface area contributed by atoms with Crippen molar-refractivity contribution in [3.8, 4) is 11.8 Å². The van der Waals surface area contributed by atoms with E-state index in [1.165, 1.54) is 12.1 Å². The third-order valence-corrected chi connectivity index (χ3v) is 2.22. The molecule has 0 atom stereocenters. The van der Waals surface area contributed by atoms with Crippen molar-refractivity contribution in [1.29, 1.82) is 0 Å². The number of aliphatic carboxylic acids is 2. The number of carboxylic acid groups (broad SMARTS) is 2. The van der Waals surface area contributed by atoms with E-state index in [4.69, 9.17) is 10.2 Å². The fourth-order valence-electron chi connectivity index (χ4n) is 1.41. The molecule has 0 aliphatic carbocycles. The van der Waals surface area contributed by atoms with Gasteiger partial charge in [-0.05, 0) is 17.7 Å². The molecule has 0 radical (unpaired) electrons. The molecule has 0 saturated carbocycles. The van der Waals surface area contributed by atoms with E-state index >= 15 is 0 Å². The van der Waals surface area contributed by atoms with Crippen LogP contribution in [0.1, 0.15) is 30.9 Å². The predicted molar refractivity (Wildman–Crippen MR) is 66.2 cm³/mol. The highest BCUT2D eigenvalue weighted by atomic mass is 16.4. The van der Waals surface area contributed by atoms with Crippen molar-refractivity contribution in [3.63, 3.8) is 0 Å². The van der Waals surface area contributed by atoms with E-state index in [-0.39, 0.29) is 11.5 Å². The first-order valence-electron chi connectivity index (χ1n) is 5.49. The zero-order valence-corrected chi connectivity index (χ0v) is 10.2. The van der Waals surface area contributed by atoms with E-state index in [1.807, 2.05) is 13.8 Å². The summed E-state index contributed by atoms with van der Waals surface area (Å²) >= 11 is 0. The smallest absolute Gasteiger partial charge is 0.322 e. The maximum absolute atomic E-state index is 10.9. The maximum atomic E-state index is 10.9. The van der Waals surface area contributed by atoms with Gasteiger partial charge in [-0.15, -0.1) is 0 Å². The van der Waals surface area contributed by atoms with Gasteiger partial charge in [0, 0.05) is 11.5 Å². The van der Waals surface area contributed by atoms with Crippen molar-refractivity contribution in [2.45, 2.75) is 19.8 Å². The zero-order valence-electron chi connectivity index (χ0n) is 10.2. The first-order chi connectivity index (χ1) is 8.41. The summed E-state index contributed by atoms with van der Waals surface area (Å²) in [5.41, 5.74) is 0.847. The normalized spacial score (nSPS) is 10.0. The molecular formula is C14H14O4. The van der Waals surface area contributed by atoms with Gasteiger partial charge in [0.15, 0.2) is 5.92 Å². The molecular weight excluding hydrogens is 232 g/mol. The van der Waals surface area contributed by atoms with Gasteiger partial charge >= 0.3 is 11.9 Å². The summed E-state index contributed by atoms with van der Waals surface area (Å²) in [4.78, 5) is 21.8. The van der Waals surface area contributed by atoms with E-state index in [9.17, 15) is 9.59 Å². The molecule has 0 unspecified atom stereocenters. The third-order valence-electron chi connectivity index (χ3n) is 2.22. The molecule has 0 amide bonds. The van der Waals surface area contributed by atoms with Gasteiger partial charge < -0.3 is 10.2 Å². The summed E-state index contributed by atoms with van der Waals surface area (Å²) in [6.07, 6.45) is 0. The Labute approximate surface area is 105 Å². The van der Waals surface area contributed by atoms with Crippen molar-refractivity contribution in [2.24, 2.45) is 5.92 Å². The Morgan fingerprint density at radius 3 is 2.28 bits per heavy atom. The van der Waals surface area contributed by atoms with Crippen LogP contribution in [0.2, 0.25) is 0 Å². The van der Waals surface area contributed by atoms with Gasteiger partial charge in [0.05, 0.1) is 0 Å². The summed E-state index contributed by atoms with van der Waals surface area (Å²) < 4.78 is 0. The van der Waals surface area contributed by atoms with Crippen LogP contribution in [0.5, 0.6) is 0 Å². The number of hydrogen-bond donors (Lipinski definition) is 2. The van der Waals surface area contributed by atoms with Gasteiger partial charge in [0.25, 0.3) is 0 Å². The molecule has 4 heteroatoms. The second kappa shape index (κ2) is 5.87. The lowest BCUT2D eigenvalue weighted by Gasteiger charge is -2.07. The largest absolute Gasteiger partial charge is 0.480 e. The molecule has 0 fully saturated rings. The fourth-order valence-corrected chi connectivity index (χ4v) is 1.41. The monoisotopic (exact) mass is 246 g/mol. The third kappa shape index (κ3) is 3.63. The van der Waals surface area contributed by atoms with E-state index in [1.54, 1.807) is 12.1 Å². The molecule has 1 rings (SSSR count). The molecule has 2 N–H and O–H groups in total. The molecule has 1 aromatic rings. The minimum Gasteiger partial charge on any atom is -0.480 e. The highest BCUT2D eigenvalue weighted by Gasteiger charge is 2.27. The van der Waals surface area contributed by atoms with Gasteiger partial charge in [0.1, 0.15) is 0 Å². The minimum atomic E-state index is -1.55. The van der Waals surface area contributed by atoms with Crippen LogP contribution >= 0.6 is 0 Å². The Hall–Kier alpha value is -2.28. The number of rotatable bonds is 3. The SMILES string of the molecule is CC(C)C#Cc1cccc(C(C(=O)O)C(=O)O)c1. The molecule has 0 aliphatic heterocycles. The van der Waals surface area contributed by atoms with Crippen molar-refractivity contribution >= 4 is 11.9 Å². The average molecular weight is 246 g/mol. The van der Waals surface area contributed by atoms with E-state index < -0.39 is 17.9 Å². The molecule has 0 heterocycles. The van der Waals surface area contributed by atoms with Crippen LogP contribution in [0, 0.1) is 17.8 Å². The lowest BCUT2D eigenvalue weighted by molar-refractivity contribution is -0.150. The van der Waals surface area contributed by atoms with Gasteiger partial charge in [-0.25, -0.2) is 0 Å². The van der Waals surface area contributed by atoms with Crippen LogP contribution in [0.15, 0.2) is 24.3 Å². The second-order valence-electron chi connectivity index (χ2n) is 4.16. The number of benzene rings is 1. The van der Waals surface area contributed by atoms with Crippen LogP contribution in [0.3, 0.4) is 0 Å².